The van der Waals surface area contributed by atoms with Gasteiger partial charge in [-0.15, -0.1) is 0 Å². The highest BCUT2D eigenvalue weighted by Crippen LogP contribution is 2.29. The maximum Gasteiger partial charge on any atom is 0.345 e. The van der Waals surface area contributed by atoms with Crippen LogP contribution in [0.3, 0.4) is 0 Å². The van der Waals surface area contributed by atoms with E-state index in [4.69, 9.17) is 21.1 Å². The standard InChI is InChI=1S/C27H20BrClN2O4/c1-34-25-14-17(10-13-24(25)35-27(33)21-8-4-5-9-23(21)29)16-30-31-26(32)15-18-11-12-22(28)20-7-3-2-6-19(18)20/h2-14,16H,15H2,1H3,(H,31,32)/b30-16+. The van der Waals surface area contributed by atoms with Crippen molar-refractivity contribution in [1.29, 1.82) is 0 Å². The van der Waals surface area contributed by atoms with Crippen LogP contribution < -0.4 is 14.9 Å². The number of esters is 1. The molecule has 0 aliphatic rings. The smallest absolute Gasteiger partial charge is 0.345 e. The van der Waals surface area contributed by atoms with Gasteiger partial charge in [-0.2, -0.15) is 5.10 Å². The first kappa shape index (κ1) is 24.4. The summed E-state index contributed by atoms with van der Waals surface area (Å²) < 4.78 is 11.8. The van der Waals surface area contributed by atoms with Crippen LogP contribution in [0.1, 0.15) is 21.5 Å². The summed E-state index contributed by atoms with van der Waals surface area (Å²) in [7, 11) is 1.47. The largest absolute Gasteiger partial charge is 0.493 e. The molecule has 6 nitrogen and oxygen atoms in total. The lowest BCUT2D eigenvalue weighted by Gasteiger charge is -2.10. The first-order valence-electron chi connectivity index (χ1n) is 10.6. The van der Waals surface area contributed by atoms with Gasteiger partial charge in [-0.25, -0.2) is 10.2 Å². The summed E-state index contributed by atoms with van der Waals surface area (Å²) >= 11 is 9.61. The second-order valence-electron chi connectivity index (χ2n) is 7.50. The Kier molecular flexibility index (Phi) is 7.80. The molecule has 0 unspecified atom stereocenters. The number of hydrogen-bond donors (Lipinski definition) is 1. The van der Waals surface area contributed by atoms with Gasteiger partial charge >= 0.3 is 5.97 Å². The van der Waals surface area contributed by atoms with E-state index in [-0.39, 0.29) is 23.6 Å². The van der Waals surface area contributed by atoms with Crippen molar-refractivity contribution < 1.29 is 19.1 Å². The number of fused-ring (bicyclic) bond motifs is 1. The van der Waals surface area contributed by atoms with Gasteiger partial charge in [-0.05, 0) is 58.3 Å². The van der Waals surface area contributed by atoms with E-state index in [0.717, 1.165) is 20.8 Å². The summed E-state index contributed by atoms with van der Waals surface area (Å²) in [6.45, 7) is 0. The summed E-state index contributed by atoms with van der Waals surface area (Å²) in [4.78, 5) is 24.9. The van der Waals surface area contributed by atoms with Crippen LogP contribution in [0, 0.1) is 0 Å². The third-order valence-electron chi connectivity index (χ3n) is 5.20. The number of carbonyl (C=O) groups excluding carboxylic acids is 2. The van der Waals surface area contributed by atoms with Crippen molar-refractivity contribution in [2.75, 3.05) is 7.11 Å². The van der Waals surface area contributed by atoms with Crippen LogP contribution >= 0.6 is 27.5 Å². The second-order valence-corrected chi connectivity index (χ2v) is 8.76. The number of ether oxygens (including phenoxy) is 2. The molecule has 0 bridgehead atoms. The number of nitrogens with zero attached hydrogens (tertiary/aromatic N) is 1. The van der Waals surface area contributed by atoms with Gasteiger partial charge in [-0.3, -0.25) is 4.79 Å². The SMILES string of the molecule is COc1cc(/C=N/NC(=O)Cc2ccc(Br)c3ccccc23)ccc1OC(=O)c1ccccc1Cl. The van der Waals surface area contributed by atoms with Crippen molar-refractivity contribution >= 4 is 56.4 Å². The van der Waals surface area contributed by atoms with Gasteiger partial charge in [0.15, 0.2) is 11.5 Å². The molecule has 0 spiro atoms. The number of benzene rings is 4. The average molecular weight is 552 g/mol. The highest BCUT2D eigenvalue weighted by atomic mass is 79.9. The Morgan fingerprint density at radius 3 is 2.49 bits per heavy atom. The first-order valence-corrected chi connectivity index (χ1v) is 11.8. The predicted octanol–water partition coefficient (Wildman–Crippen LogP) is 6.18. The monoisotopic (exact) mass is 550 g/mol. The lowest BCUT2D eigenvalue weighted by molar-refractivity contribution is -0.120. The summed E-state index contributed by atoms with van der Waals surface area (Å²) in [6, 6.07) is 23.3. The summed E-state index contributed by atoms with van der Waals surface area (Å²) in [5.41, 5.74) is 4.35. The maximum absolute atomic E-state index is 12.5. The van der Waals surface area contributed by atoms with Crippen LogP contribution in [-0.4, -0.2) is 25.2 Å². The molecule has 0 heterocycles. The minimum atomic E-state index is -0.594. The Balaban J connectivity index is 1.41. The normalized spacial score (nSPS) is 10.9. The van der Waals surface area contributed by atoms with Crippen LogP contribution in [0.25, 0.3) is 10.8 Å². The van der Waals surface area contributed by atoms with Crippen LogP contribution in [0.2, 0.25) is 5.02 Å². The van der Waals surface area contributed by atoms with Gasteiger partial charge in [0.25, 0.3) is 0 Å². The molecule has 0 aliphatic heterocycles. The topological polar surface area (TPSA) is 77.0 Å². The zero-order chi connectivity index (χ0) is 24.8. The van der Waals surface area contributed by atoms with Gasteiger partial charge in [-0.1, -0.05) is 70.0 Å². The second kappa shape index (κ2) is 11.2. The Hall–Kier alpha value is -3.68. The van der Waals surface area contributed by atoms with Crippen molar-refractivity contribution in [3.05, 3.63) is 105 Å². The van der Waals surface area contributed by atoms with Gasteiger partial charge in [0.2, 0.25) is 5.91 Å². The third kappa shape index (κ3) is 5.88. The van der Waals surface area contributed by atoms with E-state index in [1.165, 1.54) is 13.3 Å². The Bertz CT molecular complexity index is 1440. The molecule has 8 heteroatoms. The molecule has 176 valence electrons. The number of rotatable bonds is 7. The Labute approximate surface area is 215 Å². The molecule has 0 saturated carbocycles. The van der Waals surface area contributed by atoms with Gasteiger partial charge < -0.3 is 9.47 Å². The Morgan fingerprint density at radius 2 is 1.71 bits per heavy atom. The quantitative estimate of drug-likeness (QED) is 0.129. The number of methoxy groups -OCH3 is 1. The fourth-order valence-corrected chi connectivity index (χ4v) is 4.19. The molecule has 0 aliphatic carbocycles. The van der Waals surface area contributed by atoms with Crippen molar-refractivity contribution in [3.8, 4) is 11.5 Å². The number of amides is 1. The zero-order valence-corrected chi connectivity index (χ0v) is 21.0. The molecule has 0 atom stereocenters. The summed E-state index contributed by atoms with van der Waals surface area (Å²) in [6.07, 6.45) is 1.67. The number of hydrogen-bond acceptors (Lipinski definition) is 5. The highest BCUT2D eigenvalue weighted by Gasteiger charge is 2.15. The van der Waals surface area contributed by atoms with E-state index in [1.54, 1.807) is 42.5 Å². The molecule has 4 aromatic carbocycles. The average Bonchev–Trinajstić information content (AvgIpc) is 2.87. The van der Waals surface area contributed by atoms with Crippen molar-refractivity contribution in [1.82, 2.24) is 5.43 Å². The molecule has 1 amide bonds. The minimum Gasteiger partial charge on any atom is -0.493 e. The minimum absolute atomic E-state index is 0.186. The zero-order valence-electron chi connectivity index (χ0n) is 18.6. The number of hydrazone groups is 1. The molecular weight excluding hydrogens is 532 g/mol. The third-order valence-corrected chi connectivity index (χ3v) is 6.22. The van der Waals surface area contributed by atoms with E-state index in [1.807, 2.05) is 36.4 Å². The number of halogens is 2. The van der Waals surface area contributed by atoms with Crippen molar-refractivity contribution in [2.45, 2.75) is 6.42 Å². The molecule has 0 fully saturated rings. The lowest BCUT2D eigenvalue weighted by atomic mass is 10.0. The van der Waals surface area contributed by atoms with Crippen molar-refractivity contribution in [3.63, 3.8) is 0 Å². The maximum atomic E-state index is 12.5. The molecule has 4 rings (SSSR count). The van der Waals surface area contributed by atoms with Crippen LogP contribution in [0.15, 0.2) is 88.4 Å². The summed E-state index contributed by atoms with van der Waals surface area (Å²) in [5.74, 6) is -0.267. The molecule has 0 aromatic heterocycles. The molecule has 4 aromatic rings. The van der Waals surface area contributed by atoms with E-state index in [2.05, 4.69) is 26.5 Å². The van der Waals surface area contributed by atoms with Crippen molar-refractivity contribution in [2.24, 2.45) is 5.10 Å². The van der Waals surface area contributed by atoms with E-state index >= 15 is 0 Å². The van der Waals surface area contributed by atoms with Crippen LogP contribution in [0.5, 0.6) is 11.5 Å². The molecule has 0 radical (unpaired) electrons. The van der Waals surface area contributed by atoms with Crippen LogP contribution in [-0.2, 0) is 11.2 Å². The van der Waals surface area contributed by atoms with E-state index in [0.29, 0.717) is 16.3 Å². The predicted molar refractivity (Wildman–Crippen MR) is 140 cm³/mol. The van der Waals surface area contributed by atoms with Gasteiger partial charge in [0.05, 0.1) is 30.3 Å². The molecular formula is C27H20BrClN2O4. The molecule has 1 N–H and O–H groups in total. The fraction of sp³-hybridized carbons (Fsp3) is 0.0741. The van der Waals surface area contributed by atoms with E-state index in [9.17, 15) is 9.59 Å². The highest BCUT2D eigenvalue weighted by molar-refractivity contribution is 9.10. The van der Waals surface area contributed by atoms with Gasteiger partial charge in [0.1, 0.15) is 0 Å². The number of carbonyl (C=O) groups is 2. The lowest BCUT2D eigenvalue weighted by Crippen LogP contribution is -2.20. The molecule has 35 heavy (non-hydrogen) atoms. The first-order chi connectivity index (χ1) is 17.0. The summed E-state index contributed by atoms with van der Waals surface area (Å²) in [5, 5.41) is 6.40. The Morgan fingerprint density at radius 1 is 0.971 bits per heavy atom. The van der Waals surface area contributed by atoms with E-state index < -0.39 is 5.97 Å². The number of nitrogens with one attached hydrogen (secondary N) is 1. The fourth-order valence-electron chi connectivity index (χ4n) is 3.50. The molecule has 0 saturated heterocycles. The van der Waals surface area contributed by atoms with Gasteiger partial charge in [0, 0.05) is 4.47 Å². The van der Waals surface area contributed by atoms with Crippen LogP contribution in [0.4, 0.5) is 0 Å².